The van der Waals surface area contributed by atoms with Crippen molar-refractivity contribution in [3.63, 3.8) is 0 Å². The van der Waals surface area contributed by atoms with Gasteiger partial charge in [-0.25, -0.2) is 8.42 Å². The summed E-state index contributed by atoms with van der Waals surface area (Å²) in [4.78, 5) is 2.47. The summed E-state index contributed by atoms with van der Waals surface area (Å²) in [5, 5.41) is 4.54. The molecule has 0 N–H and O–H groups in total. The lowest BCUT2D eigenvalue weighted by molar-refractivity contribution is 0.190. The molecule has 0 atom stereocenters. The van der Waals surface area contributed by atoms with Crippen LogP contribution < -0.4 is 0 Å². The van der Waals surface area contributed by atoms with Crippen LogP contribution >= 0.6 is 11.6 Å². The van der Waals surface area contributed by atoms with Crippen LogP contribution in [0, 0.1) is 13.8 Å². The first kappa shape index (κ1) is 18.4. The van der Waals surface area contributed by atoms with Gasteiger partial charge in [0.05, 0.1) is 0 Å². The molecule has 3 rings (SSSR count). The Balaban J connectivity index is 1.59. The molecule has 0 aliphatic carbocycles. The zero-order valence-electron chi connectivity index (χ0n) is 14.4. The smallest absolute Gasteiger partial charge is 0.248 e. The number of rotatable bonds is 5. The van der Waals surface area contributed by atoms with Gasteiger partial charge in [-0.15, -0.1) is 0 Å². The van der Waals surface area contributed by atoms with Crippen molar-refractivity contribution in [1.29, 1.82) is 0 Å². The zero-order valence-corrected chi connectivity index (χ0v) is 16.0. The standard InChI is InChI=1S/C17H22ClN3O3S/c1-13-17(14(2)24-19-13)25(22,23)21-11-9-20(10-12-21)8-7-15-5-3-4-6-16(15)18/h3-6H,7-12H2,1-2H3. The number of benzene rings is 1. The summed E-state index contributed by atoms with van der Waals surface area (Å²) in [6.07, 6.45) is 0.857. The highest BCUT2D eigenvalue weighted by molar-refractivity contribution is 7.89. The van der Waals surface area contributed by atoms with Crippen LogP contribution in [0.5, 0.6) is 0 Å². The Bertz CT molecular complexity index is 823. The molecule has 0 unspecified atom stereocenters. The molecule has 1 aliphatic heterocycles. The molecule has 136 valence electrons. The van der Waals surface area contributed by atoms with Gasteiger partial charge in [-0.3, -0.25) is 0 Å². The molecule has 2 heterocycles. The molecule has 0 spiro atoms. The van der Waals surface area contributed by atoms with Crippen LogP contribution in [0.15, 0.2) is 33.7 Å². The van der Waals surface area contributed by atoms with Crippen molar-refractivity contribution in [2.45, 2.75) is 25.2 Å². The molecule has 0 radical (unpaired) electrons. The molecule has 6 nitrogen and oxygen atoms in total. The van der Waals surface area contributed by atoms with E-state index in [1.807, 2.05) is 24.3 Å². The number of aryl methyl sites for hydroxylation is 2. The molecule has 25 heavy (non-hydrogen) atoms. The van der Waals surface area contributed by atoms with Crippen LogP contribution in [0.25, 0.3) is 0 Å². The Kier molecular flexibility index (Phi) is 5.48. The maximum atomic E-state index is 12.8. The minimum Gasteiger partial charge on any atom is -0.360 e. The van der Waals surface area contributed by atoms with Crippen LogP contribution in [0.1, 0.15) is 17.0 Å². The Morgan fingerprint density at radius 2 is 1.84 bits per heavy atom. The van der Waals surface area contributed by atoms with E-state index in [-0.39, 0.29) is 4.90 Å². The summed E-state index contributed by atoms with van der Waals surface area (Å²) in [6, 6.07) is 7.82. The number of nitrogens with zero attached hydrogens (tertiary/aromatic N) is 3. The molecule has 1 aliphatic rings. The summed E-state index contributed by atoms with van der Waals surface area (Å²) < 4.78 is 32.2. The molecule has 0 bridgehead atoms. The Morgan fingerprint density at radius 3 is 2.44 bits per heavy atom. The Labute approximate surface area is 153 Å². The van der Waals surface area contributed by atoms with Crippen molar-refractivity contribution < 1.29 is 12.9 Å². The van der Waals surface area contributed by atoms with Crippen molar-refractivity contribution in [3.05, 3.63) is 46.3 Å². The van der Waals surface area contributed by atoms with Gasteiger partial charge >= 0.3 is 0 Å². The predicted octanol–water partition coefficient (Wildman–Crippen LogP) is 2.49. The highest BCUT2D eigenvalue weighted by atomic mass is 35.5. The van der Waals surface area contributed by atoms with E-state index in [0.717, 1.165) is 23.6 Å². The van der Waals surface area contributed by atoms with Crippen LogP contribution in [0.2, 0.25) is 5.02 Å². The summed E-state index contributed by atoms with van der Waals surface area (Å²) in [7, 11) is -3.55. The maximum Gasteiger partial charge on any atom is 0.248 e. The fraction of sp³-hybridized carbons (Fsp3) is 0.471. The topological polar surface area (TPSA) is 66.7 Å². The highest BCUT2D eigenvalue weighted by Gasteiger charge is 2.33. The fourth-order valence-electron chi connectivity index (χ4n) is 3.15. The van der Waals surface area contributed by atoms with Gasteiger partial charge in [-0.1, -0.05) is 35.0 Å². The van der Waals surface area contributed by atoms with E-state index >= 15 is 0 Å². The van der Waals surface area contributed by atoms with Gasteiger partial charge in [0, 0.05) is 37.7 Å². The minimum absolute atomic E-state index is 0.206. The fourth-order valence-corrected chi connectivity index (χ4v) is 5.09. The van der Waals surface area contributed by atoms with Crippen molar-refractivity contribution in [1.82, 2.24) is 14.4 Å². The third-order valence-electron chi connectivity index (χ3n) is 4.55. The van der Waals surface area contributed by atoms with E-state index < -0.39 is 10.0 Å². The summed E-state index contributed by atoms with van der Waals surface area (Å²) in [5.41, 5.74) is 1.54. The third-order valence-corrected chi connectivity index (χ3v) is 7.06. The van der Waals surface area contributed by atoms with Crippen molar-refractivity contribution >= 4 is 21.6 Å². The van der Waals surface area contributed by atoms with E-state index in [0.29, 0.717) is 37.6 Å². The normalized spacial score (nSPS) is 17.1. The zero-order chi connectivity index (χ0) is 18.0. The molecule has 1 saturated heterocycles. The average Bonchev–Trinajstić information content (AvgIpc) is 2.94. The molecule has 0 amide bonds. The lowest BCUT2D eigenvalue weighted by atomic mass is 10.1. The number of halogens is 1. The lowest BCUT2D eigenvalue weighted by Gasteiger charge is -2.33. The second-order valence-electron chi connectivity index (χ2n) is 6.24. The number of piperazine rings is 1. The molecule has 1 fully saturated rings. The van der Waals surface area contributed by atoms with E-state index in [4.69, 9.17) is 16.1 Å². The van der Waals surface area contributed by atoms with E-state index in [1.165, 1.54) is 4.31 Å². The van der Waals surface area contributed by atoms with E-state index in [9.17, 15) is 8.42 Å². The summed E-state index contributed by atoms with van der Waals surface area (Å²) in [5.74, 6) is 0.346. The maximum absolute atomic E-state index is 12.8. The van der Waals surface area contributed by atoms with Crippen LogP contribution in [-0.4, -0.2) is 55.5 Å². The van der Waals surface area contributed by atoms with Gasteiger partial charge < -0.3 is 9.42 Å². The number of aromatic nitrogens is 1. The molecule has 1 aromatic carbocycles. The first-order valence-corrected chi connectivity index (χ1v) is 10.1. The largest absolute Gasteiger partial charge is 0.360 e. The minimum atomic E-state index is -3.55. The van der Waals surface area contributed by atoms with Gasteiger partial charge in [0.25, 0.3) is 0 Å². The van der Waals surface area contributed by atoms with Gasteiger partial charge in [0.2, 0.25) is 10.0 Å². The summed E-state index contributed by atoms with van der Waals surface area (Å²) >= 11 is 6.19. The van der Waals surface area contributed by atoms with Crippen molar-refractivity contribution in [2.75, 3.05) is 32.7 Å². The van der Waals surface area contributed by atoms with E-state index in [2.05, 4.69) is 10.1 Å². The lowest BCUT2D eigenvalue weighted by Crippen LogP contribution is -2.49. The molecule has 8 heteroatoms. The van der Waals surface area contributed by atoms with Gasteiger partial charge in [-0.05, 0) is 31.9 Å². The highest BCUT2D eigenvalue weighted by Crippen LogP contribution is 2.24. The Morgan fingerprint density at radius 1 is 1.16 bits per heavy atom. The van der Waals surface area contributed by atoms with Gasteiger partial charge in [-0.2, -0.15) is 4.31 Å². The second kappa shape index (κ2) is 7.45. The second-order valence-corrected chi connectivity index (χ2v) is 8.52. The molecule has 1 aromatic heterocycles. The van der Waals surface area contributed by atoms with E-state index in [1.54, 1.807) is 13.8 Å². The first-order valence-electron chi connectivity index (χ1n) is 8.28. The molecule has 2 aromatic rings. The van der Waals surface area contributed by atoms with Crippen LogP contribution in [0.3, 0.4) is 0 Å². The molecule has 0 saturated carbocycles. The number of hydrogen-bond donors (Lipinski definition) is 0. The predicted molar refractivity (Wildman–Crippen MR) is 96.3 cm³/mol. The van der Waals surface area contributed by atoms with Crippen LogP contribution in [0.4, 0.5) is 0 Å². The quantitative estimate of drug-likeness (QED) is 0.793. The number of sulfonamides is 1. The van der Waals surface area contributed by atoms with Crippen LogP contribution in [-0.2, 0) is 16.4 Å². The summed E-state index contributed by atoms with van der Waals surface area (Å²) in [6.45, 7) is 6.49. The third kappa shape index (κ3) is 3.89. The molecular formula is C17H22ClN3O3S. The number of hydrogen-bond acceptors (Lipinski definition) is 5. The average molecular weight is 384 g/mol. The SMILES string of the molecule is Cc1noc(C)c1S(=O)(=O)N1CCN(CCc2ccccc2Cl)CC1. The van der Waals surface area contributed by atoms with Crippen molar-refractivity contribution in [2.24, 2.45) is 0 Å². The molecular weight excluding hydrogens is 362 g/mol. The van der Waals surface area contributed by atoms with Crippen molar-refractivity contribution in [3.8, 4) is 0 Å². The van der Waals surface area contributed by atoms with Gasteiger partial charge in [0.1, 0.15) is 10.6 Å². The Hall–Kier alpha value is -1.41. The van der Waals surface area contributed by atoms with Gasteiger partial charge in [0.15, 0.2) is 5.76 Å². The first-order chi connectivity index (χ1) is 11.9. The monoisotopic (exact) mass is 383 g/mol.